The fraction of sp³-hybridized carbons (Fsp3) is 0. The summed E-state index contributed by atoms with van der Waals surface area (Å²) in [6, 6.07) is 41.1. The van der Waals surface area contributed by atoms with Crippen LogP contribution in [-0.4, -0.2) is 20.3 Å². The number of benzene rings is 4. The molecule has 8 heteroatoms. The SMILES string of the molecule is [F][Sb]([F])([F])([F])[F].c1ccc(Sc2ccc([S+](c3ccccc3)c3ccccc3)cc2)cc1. The molecule has 0 heterocycles. The first-order valence-electron chi connectivity index (χ1n) is 9.42. The summed E-state index contributed by atoms with van der Waals surface area (Å²) < 4.78 is 49.6. The van der Waals surface area contributed by atoms with Gasteiger partial charge >= 0.3 is 34.4 Å². The van der Waals surface area contributed by atoms with Crippen molar-refractivity contribution in [3.8, 4) is 0 Å². The Morgan fingerprint density at radius 1 is 0.438 bits per heavy atom. The van der Waals surface area contributed by atoms with E-state index in [0.29, 0.717) is 0 Å². The Hall–Kier alpha value is -1.95. The first-order chi connectivity index (χ1) is 15.1. The molecule has 0 amide bonds. The van der Waals surface area contributed by atoms with E-state index in [1.165, 1.54) is 24.5 Å². The largest absolute Gasteiger partial charge is 0.166 e. The van der Waals surface area contributed by atoms with Crippen LogP contribution in [0.2, 0.25) is 0 Å². The van der Waals surface area contributed by atoms with Crippen molar-refractivity contribution in [2.75, 3.05) is 0 Å². The summed E-state index contributed by atoms with van der Waals surface area (Å²) in [6.45, 7) is 0. The molecule has 0 aromatic heterocycles. The van der Waals surface area contributed by atoms with Gasteiger partial charge in [-0.3, -0.25) is 0 Å². The summed E-state index contributed by atoms with van der Waals surface area (Å²) in [6.07, 6.45) is 0. The molecule has 0 atom stereocenters. The first kappa shape index (κ1) is 24.7. The number of hydrogen-bond donors (Lipinski definition) is 0. The van der Waals surface area contributed by atoms with Gasteiger partial charge in [-0.2, -0.15) is 0 Å². The van der Waals surface area contributed by atoms with Crippen molar-refractivity contribution < 1.29 is 14.1 Å². The third-order valence-corrected chi connectivity index (χ3v) is 7.24. The van der Waals surface area contributed by atoms with Crippen LogP contribution in [0.15, 0.2) is 140 Å². The second-order valence-electron chi connectivity index (χ2n) is 6.46. The molecule has 4 rings (SSSR count). The van der Waals surface area contributed by atoms with E-state index in [9.17, 15) is 14.1 Å². The summed E-state index contributed by atoms with van der Waals surface area (Å²) in [5.74, 6) is 0. The second-order valence-corrected chi connectivity index (χ2v) is 13.3. The third-order valence-electron chi connectivity index (χ3n) is 4.00. The molecule has 0 bridgehead atoms. The van der Waals surface area contributed by atoms with E-state index >= 15 is 0 Å². The van der Waals surface area contributed by atoms with Gasteiger partial charge in [-0.15, -0.1) is 0 Å². The molecule has 0 unspecified atom stereocenters. The molecule has 0 radical (unpaired) electrons. The Morgan fingerprint density at radius 2 is 0.750 bits per heavy atom. The van der Waals surface area contributed by atoms with Gasteiger partial charge in [0.2, 0.25) is 0 Å². The van der Waals surface area contributed by atoms with Crippen LogP contribution in [0, 0.1) is 0 Å². The molecule has 0 saturated carbocycles. The van der Waals surface area contributed by atoms with Gasteiger partial charge in [0.1, 0.15) is 0 Å². The standard InChI is InChI=1S/C24H19S2.5FH.Sb/c1-4-10-20(11-5-1)25-21-16-18-24(19-17-21)26(22-12-6-2-7-13-22)23-14-8-3-9-15-23;;;;;;/h1-19H;5*1H;/q+1;;;;;;+5/p-5. The van der Waals surface area contributed by atoms with Crippen molar-refractivity contribution in [1.29, 1.82) is 0 Å². The number of hydrogen-bond acceptors (Lipinski definition) is 1. The molecule has 4 aromatic rings. The fourth-order valence-electron chi connectivity index (χ4n) is 2.79. The van der Waals surface area contributed by atoms with Crippen LogP contribution < -0.4 is 0 Å². The van der Waals surface area contributed by atoms with Gasteiger partial charge in [0.15, 0.2) is 14.7 Å². The maximum atomic E-state index is 9.91. The van der Waals surface area contributed by atoms with Crippen LogP contribution in [0.25, 0.3) is 0 Å². The summed E-state index contributed by atoms with van der Waals surface area (Å²) in [5.41, 5.74) is 0. The molecule has 0 aliphatic heterocycles. The molecule has 0 aliphatic rings. The normalized spacial score (nSPS) is 12.4. The molecule has 0 saturated heterocycles. The van der Waals surface area contributed by atoms with Crippen LogP contribution in [-0.2, 0) is 10.9 Å². The zero-order valence-electron chi connectivity index (χ0n) is 16.6. The Balaban J connectivity index is 0.000000427. The van der Waals surface area contributed by atoms with Crippen LogP contribution in [0.3, 0.4) is 0 Å². The minimum Gasteiger partial charge on any atom is -0.0901 e. The van der Waals surface area contributed by atoms with Gasteiger partial charge in [0, 0.05) is 9.79 Å². The van der Waals surface area contributed by atoms with Crippen LogP contribution in [0.5, 0.6) is 0 Å². The van der Waals surface area contributed by atoms with Gasteiger partial charge in [-0.1, -0.05) is 66.4 Å². The van der Waals surface area contributed by atoms with E-state index < -0.39 is 20.3 Å². The molecular weight excluding hydrogens is 569 g/mol. The van der Waals surface area contributed by atoms with E-state index in [-0.39, 0.29) is 10.9 Å². The van der Waals surface area contributed by atoms with Gasteiger partial charge in [0.25, 0.3) is 0 Å². The summed E-state index contributed by atoms with van der Waals surface area (Å²) in [5, 5.41) is 0. The van der Waals surface area contributed by atoms with Gasteiger partial charge in [-0.25, -0.2) is 0 Å². The van der Waals surface area contributed by atoms with E-state index in [2.05, 4.69) is 115 Å². The maximum absolute atomic E-state index is 9.91. The fourth-order valence-corrected chi connectivity index (χ4v) is 5.71. The zero-order valence-corrected chi connectivity index (χ0v) is 20.8. The Morgan fingerprint density at radius 3 is 1.16 bits per heavy atom. The van der Waals surface area contributed by atoms with Crippen molar-refractivity contribution in [3.05, 3.63) is 115 Å². The van der Waals surface area contributed by atoms with Crippen molar-refractivity contribution in [2.24, 2.45) is 0 Å². The Labute approximate surface area is 195 Å². The van der Waals surface area contributed by atoms with E-state index in [1.54, 1.807) is 11.8 Å². The van der Waals surface area contributed by atoms with E-state index in [0.717, 1.165) is 0 Å². The van der Waals surface area contributed by atoms with Crippen molar-refractivity contribution in [2.45, 2.75) is 24.5 Å². The second kappa shape index (κ2) is 10.8. The minimum atomic E-state index is -9.19. The number of halogens is 5. The molecule has 0 aliphatic carbocycles. The van der Waals surface area contributed by atoms with E-state index in [1.807, 2.05) is 0 Å². The smallest absolute Gasteiger partial charge is 0.0901 e. The molecule has 4 aromatic carbocycles. The van der Waals surface area contributed by atoms with Crippen molar-refractivity contribution in [1.82, 2.24) is 0 Å². The van der Waals surface area contributed by atoms with Gasteiger partial charge in [0.05, 0.1) is 10.9 Å². The maximum Gasteiger partial charge on any atom is 0.166 e. The monoisotopic (exact) mass is 587 g/mol. The van der Waals surface area contributed by atoms with Crippen molar-refractivity contribution >= 4 is 43.0 Å². The quantitative estimate of drug-likeness (QED) is 0.128. The minimum absolute atomic E-state index is 0.0786. The molecule has 166 valence electrons. The average molecular weight is 588 g/mol. The van der Waals surface area contributed by atoms with Crippen molar-refractivity contribution in [3.63, 3.8) is 0 Å². The van der Waals surface area contributed by atoms with Crippen LogP contribution in [0.1, 0.15) is 0 Å². The first-order valence-corrected chi connectivity index (χ1v) is 16.3. The topological polar surface area (TPSA) is 0 Å². The predicted molar refractivity (Wildman–Crippen MR) is 123 cm³/mol. The molecular formula is C24H19F5S2Sb+. The van der Waals surface area contributed by atoms with Gasteiger partial charge in [-0.05, 0) is 60.7 Å². The Kier molecular flexibility index (Phi) is 8.31. The average Bonchev–Trinajstić information content (AvgIpc) is 2.76. The molecule has 0 fully saturated rings. The summed E-state index contributed by atoms with van der Waals surface area (Å²) in [7, 11) is -0.0786. The van der Waals surface area contributed by atoms with Crippen LogP contribution >= 0.6 is 11.8 Å². The van der Waals surface area contributed by atoms with Gasteiger partial charge < -0.3 is 0 Å². The molecule has 0 N–H and O–H groups in total. The zero-order chi connectivity index (χ0) is 23.1. The number of rotatable bonds is 5. The molecule has 0 spiro atoms. The third kappa shape index (κ3) is 8.89. The molecule has 32 heavy (non-hydrogen) atoms. The summed E-state index contributed by atoms with van der Waals surface area (Å²) in [4.78, 5) is 6.58. The molecule has 0 nitrogen and oxygen atoms in total. The Bertz CT molecular complexity index is 1040. The predicted octanol–water partition coefficient (Wildman–Crippen LogP) is 8.65. The van der Waals surface area contributed by atoms with Crippen LogP contribution in [0.4, 0.5) is 14.1 Å². The van der Waals surface area contributed by atoms with E-state index in [4.69, 9.17) is 0 Å². The summed E-state index contributed by atoms with van der Waals surface area (Å²) >= 11 is -7.39.